The number of nitrogens with zero attached hydrogens (tertiary/aromatic N) is 4. The average molecular weight is 576 g/mol. The third-order valence-corrected chi connectivity index (χ3v) is 8.16. The number of amides is 1. The Morgan fingerprint density at radius 1 is 0.857 bits per heavy atom. The molecule has 42 heavy (non-hydrogen) atoms. The molecule has 10 heteroatoms. The highest BCUT2D eigenvalue weighted by Crippen LogP contribution is 2.50. The fraction of sp³-hybridized carbons (Fsp3) is 0.344. The van der Waals surface area contributed by atoms with E-state index >= 15 is 0 Å². The summed E-state index contributed by atoms with van der Waals surface area (Å²) in [5.41, 5.74) is 1.65. The van der Waals surface area contributed by atoms with Gasteiger partial charge < -0.3 is 15.0 Å². The van der Waals surface area contributed by atoms with Crippen LogP contribution in [0.5, 0.6) is 11.5 Å². The molecule has 0 spiro atoms. The normalized spacial score (nSPS) is 16.4. The van der Waals surface area contributed by atoms with Gasteiger partial charge in [-0.1, -0.05) is 55.0 Å². The molecular weight excluding hydrogens is 543 g/mol. The van der Waals surface area contributed by atoms with Gasteiger partial charge in [-0.05, 0) is 43.7 Å². The van der Waals surface area contributed by atoms with Crippen LogP contribution in [0, 0.1) is 0 Å². The number of halogens is 3. The maximum Gasteiger partial charge on any atom is 0.405 e. The predicted octanol–water partition coefficient (Wildman–Crippen LogP) is 5.69. The van der Waals surface area contributed by atoms with Gasteiger partial charge in [-0.15, -0.1) is 0 Å². The minimum absolute atomic E-state index is 0.362. The Bertz CT molecular complexity index is 1520. The van der Waals surface area contributed by atoms with Gasteiger partial charge in [0, 0.05) is 37.3 Å². The summed E-state index contributed by atoms with van der Waals surface area (Å²) in [7, 11) is 0. The molecule has 6 rings (SSSR count). The molecule has 0 aliphatic carbocycles. The van der Waals surface area contributed by atoms with Crippen molar-refractivity contribution in [2.75, 3.05) is 44.2 Å². The van der Waals surface area contributed by atoms with E-state index in [2.05, 4.69) is 20.1 Å². The van der Waals surface area contributed by atoms with E-state index in [-0.39, 0.29) is 0 Å². The second-order valence-electron chi connectivity index (χ2n) is 10.8. The quantitative estimate of drug-likeness (QED) is 0.272. The summed E-state index contributed by atoms with van der Waals surface area (Å²) >= 11 is 0. The van der Waals surface area contributed by atoms with Crippen molar-refractivity contribution in [2.45, 2.75) is 30.9 Å². The second kappa shape index (κ2) is 11.6. The van der Waals surface area contributed by atoms with Gasteiger partial charge in [-0.2, -0.15) is 13.2 Å². The first-order valence-electron chi connectivity index (χ1n) is 14.2. The summed E-state index contributed by atoms with van der Waals surface area (Å²) in [5, 5.41) is 2.19. The second-order valence-corrected chi connectivity index (χ2v) is 10.8. The number of carbonyl (C=O) groups excluding carboxylic acids is 1. The van der Waals surface area contributed by atoms with E-state index in [1.165, 1.54) is 0 Å². The van der Waals surface area contributed by atoms with E-state index in [0.29, 0.717) is 35.5 Å². The third-order valence-electron chi connectivity index (χ3n) is 8.16. The highest BCUT2D eigenvalue weighted by atomic mass is 19.4. The number of carbonyl (C=O) groups is 1. The molecule has 4 aromatic rings. The summed E-state index contributed by atoms with van der Waals surface area (Å²) in [6.07, 6.45) is -0.874. The molecule has 2 aliphatic heterocycles. The molecule has 1 aromatic heterocycles. The van der Waals surface area contributed by atoms with E-state index < -0.39 is 24.0 Å². The maximum absolute atomic E-state index is 13.7. The number of aromatic nitrogens is 2. The molecule has 1 fully saturated rings. The number of nitrogens with one attached hydrogen (secondary N) is 1. The van der Waals surface area contributed by atoms with Gasteiger partial charge in [0.25, 0.3) is 0 Å². The largest absolute Gasteiger partial charge is 0.457 e. The minimum Gasteiger partial charge on any atom is -0.457 e. The molecule has 0 unspecified atom stereocenters. The fourth-order valence-electron chi connectivity index (χ4n) is 6.06. The van der Waals surface area contributed by atoms with Gasteiger partial charge in [-0.25, -0.2) is 4.98 Å². The molecule has 2 aliphatic rings. The van der Waals surface area contributed by atoms with Crippen molar-refractivity contribution in [3.8, 4) is 11.5 Å². The zero-order chi connectivity index (χ0) is 29.2. The van der Waals surface area contributed by atoms with Crippen molar-refractivity contribution < 1.29 is 22.7 Å². The first-order chi connectivity index (χ1) is 20.3. The summed E-state index contributed by atoms with van der Waals surface area (Å²) in [5.74, 6) is 1.20. The zero-order valence-electron chi connectivity index (χ0n) is 23.1. The molecule has 0 saturated carbocycles. The number of alkyl halides is 3. The SMILES string of the molecule is O=C(NCC(F)(F)F)C1(CCCCN2CCN(c3cnc4ccccc4n3)CC2)c2ccccc2Oc2ccccc21. The first-order valence-corrected chi connectivity index (χ1v) is 14.2. The van der Waals surface area contributed by atoms with Gasteiger partial charge in [0.1, 0.15) is 29.3 Å². The Balaban J connectivity index is 1.13. The summed E-state index contributed by atoms with van der Waals surface area (Å²) in [6.45, 7) is 2.84. The Morgan fingerprint density at radius 2 is 1.48 bits per heavy atom. The molecule has 1 amide bonds. The molecule has 1 N–H and O–H groups in total. The Kier molecular flexibility index (Phi) is 7.72. The topological polar surface area (TPSA) is 70.6 Å². The van der Waals surface area contributed by atoms with Crippen molar-refractivity contribution in [3.05, 3.63) is 90.1 Å². The number of para-hydroxylation sites is 4. The van der Waals surface area contributed by atoms with Gasteiger partial charge in [0.2, 0.25) is 5.91 Å². The summed E-state index contributed by atoms with van der Waals surface area (Å²) < 4.78 is 45.6. The number of ether oxygens (including phenoxy) is 1. The molecular formula is C32H32F3N5O2. The predicted molar refractivity (Wildman–Crippen MR) is 155 cm³/mol. The van der Waals surface area contributed by atoms with Gasteiger partial charge in [0.15, 0.2) is 0 Å². The zero-order valence-corrected chi connectivity index (χ0v) is 23.1. The van der Waals surface area contributed by atoms with Crippen LogP contribution < -0.4 is 15.0 Å². The molecule has 0 atom stereocenters. The van der Waals surface area contributed by atoms with Crippen LogP contribution >= 0.6 is 0 Å². The number of rotatable bonds is 8. The molecule has 3 heterocycles. The van der Waals surface area contributed by atoms with Gasteiger partial charge in [0.05, 0.1) is 17.2 Å². The monoisotopic (exact) mass is 575 g/mol. The highest BCUT2D eigenvalue weighted by molar-refractivity contribution is 5.94. The van der Waals surface area contributed by atoms with E-state index in [1.54, 1.807) is 48.5 Å². The van der Waals surface area contributed by atoms with Crippen LogP contribution in [-0.4, -0.2) is 66.2 Å². The van der Waals surface area contributed by atoms with Crippen LogP contribution in [0.1, 0.15) is 30.4 Å². The lowest BCUT2D eigenvalue weighted by Crippen LogP contribution is -2.49. The molecule has 7 nitrogen and oxygen atoms in total. The van der Waals surface area contributed by atoms with Crippen molar-refractivity contribution in [2.24, 2.45) is 0 Å². The number of hydrogen-bond acceptors (Lipinski definition) is 6. The van der Waals surface area contributed by atoms with E-state index in [0.717, 1.165) is 56.0 Å². The summed E-state index contributed by atoms with van der Waals surface area (Å²) in [6, 6.07) is 22.1. The van der Waals surface area contributed by atoms with Gasteiger partial charge >= 0.3 is 6.18 Å². The van der Waals surface area contributed by atoms with Crippen molar-refractivity contribution in [1.29, 1.82) is 0 Å². The molecule has 0 radical (unpaired) electrons. The van der Waals surface area contributed by atoms with Crippen LogP contribution in [0.2, 0.25) is 0 Å². The number of piperazine rings is 1. The first kappa shape index (κ1) is 28.0. The lowest BCUT2D eigenvalue weighted by molar-refractivity contribution is -0.141. The van der Waals surface area contributed by atoms with Crippen LogP contribution in [0.3, 0.4) is 0 Å². The lowest BCUT2D eigenvalue weighted by atomic mass is 9.68. The Hall–Kier alpha value is -4.18. The van der Waals surface area contributed by atoms with Crippen LogP contribution in [0.25, 0.3) is 11.0 Å². The number of unbranched alkanes of at least 4 members (excludes halogenated alkanes) is 1. The standard InChI is InChI=1S/C32H32F3N5O2/c33-32(34,35)22-37-30(41)31(23-9-1-5-13-27(23)42-28-14-6-2-10-24(28)31)15-7-8-16-39-17-19-40(20-18-39)29-21-36-25-11-3-4-12-26(25)38-29/h1-6,9-14,21H,7-8,15-20,22H2,(H,37,41). The molecule has 1 saturated heterocycles. The Morgan fingerprint density at radius 3 is 2.14 bits per heavy atom. The smallest absolute Gasteiger partial charge is 0.405 e. The number of hydrogen-bond donors (Lipinski definition) is 1. The number of benzene rings is 3. The molecule has 218 valence electrons. The van der Waals surface area contributed by atoms with Crippen LogP contribution in [0.15, 0.2) is 79.0 Å². The average Bonchev–Trinajstić information content (AvgIpc) is 3.01. The number of fused-ring (bicyclic) bond motifs is 3. The fourth-order valence-corrected chi connectivity index (χ4v) is 6.06. The van der Waals surface area contributed by atoms with E-state index in [9.17, 15) is 18.0 Å². The maximum atomic E-state index is 13.7. The van der Waals surface area contributed by atoms with Gasteiger partial charge in [-0.3, -0.25) is 14.7 Å². The molecule has 0 bridgehead atoms. The van der Waals surface area contributed by atoms with Crippen molar-refractivity contribution in [1.82, 2.24) is 20.2 Å². The number of anilines is 1. The summed E-state index contributed by atoms with van der Waals surface area (Å²) in [4.78, 5) is 27.7. The molecule has 3 aromatic carbocycles. The van der Waals surface area contributed by atoms with Crippen molar-refractivity contribution >= 4 is 22.8 Å². The van der Waals surface area contributed by atoms with Crippen LogP contribution in [-0.2, 0) is 10.2 Å². The third kappa shape index (κ3) is 5.63. The van der Waals surface area contributed by atoms with Crippen LogP contribution in [0.4, 0.5) is 19.0 Å². The minimum atomic E-state index is -4.51. The lowest BCUT2D eigenvalue weighted by Gasteiger charge is -2.39. The Labute approximate surface area is 242 Å². The highest BCUT2D eigenvalue weighted by Gasteiger charge is 2.48. The van der Waals surface area contributed by atoms with Crippen molar-refractivity contribution in [3.63, 3.8) is 0 Å². The van der Waals surface area contributed by atoms with E-state index in [4.69, 9.17) is 9.72 Å². The van der Waals surface area contributed by atoms with E-state index in [1.807, 2.05) is 30.5 Å².